The van der Waals surface area contributed by atoms with Crippen LogP contribution in [0.1, 0.15) is 32.1 Å². The van der Waals surface area contributed by atoms with Crippen molar-refractivity contribution in [3.8, 4) is 0 Å². The standard InChI is InChI=1S/C9H16F3NO/c10-9(11,12)5-2-6-13-8(7-14)3-1-4-8/h13-14H,1-7H2. The molecule has 1 saturated carbocycles. The Kier molecular flexibility index (Phi) is 3.78. The Morgan fingerprint density at radius 3 is 2.29 bits per heavy atom. The Hall–Kier alpha value is -0.290. The molecule has 0 bridgehead atoms. The molecule has 0 aliphatic heterocycles. The summed E-state index contributed by atoms with van der Waals surface area (Å²) in [5, 5.41) is 12.0. The molecule has 2 nitrogen and oxygen atoms in total. The lowest BCUT2D eigenvalue weighted by molar-refractivity contribution is -0.135. The third-order valence-corrected chi connectivity index (χ3v) is 2.75. The summed E-state index contributed by atoms with van der Waals surface area (Å²) < 4.78 is 35.3. The average molecular weight is 211 g/mol. The summed E-state index contributed by atoms with van der Waals surface area (Å²) in [6.07, 6.45) is -1.93. The summed E-state index contributed by atoms with van der Waals surface area (Å²) in [5.41, 5.74) is -0.272. The van der Waals surface area contributed by atoms with Gasteiger partial charge >= 0.3 is 6.18 Å². The molecule has 0 amide bonds. The molecule has 14 heavy (non-hydrogen) atoms. The highest BCUT2D eigenvalue weighted by Gasteiger charge is 2.35. The van der Waals surface area contributed by atoms with E-state index in [0.29, 0.717) is 6.54 Å². The van der Waals surface area contributed by atoms with Crippen LogP contribution in [0.25, 0.3) is 0 Å². The quantitative estimate of drug-likeness (QED) is 0.680. The van der Waals surface area contributed by atoms with Crippen molar-refractivity contribution in [1.29, 1.82) is 0 Å². The Balaban J connectivity index is 2.09. The van der Waals surface area contributed by atoms with E-state index in [1.54, 1.807) is 0 Å². The van der Waals surface area contributed by atoms with Crippen LogP contribution in [0.2, 0.25) is 0 Å². The number of hydrogen-bond acceptors (Lipinski definition) is 2. The highest BCUT2D eigenvalue weighted by atomic mass is 19.4. The lowest BCUT2D eigenvalue weighted by Crippen LogP contribution is -2.54. The second-order valence-electron chi connectivity index (χ2n) is 3.94. The minimum Gasteiger partial charge on any atom is -0.394 e. The molecular weight excluding hydrogens is 195 g/mol. The number of rotatable bonds is 5. The van der Waals surface area contributed by atoms with Gasteiger partial charge in [0.05, 0.1) is 6.61 Å². The van der Waals surface area contributed by atoms with Crippen molar-refractivity contribution in [2.24, 2.45) is 0 Å². The number of alkyl halides is 3. The first-order valence-corrected chi connectivity index (χ1v) is 4.90. The van der Waals surface area contributed by atoms with Crippen LogP contribution in [0.4, 0.5) is 13.2 Å². The van der Waals surface area contributed by atoms with E-state index < -0.39 is 12.6 Å². The van der Waals surface area contributed by atoms with Gasteiger partial charge in [-0.1, -0.05) is 0 Å². The van der Waals surface area contributed by atoms with E-state index in [1.807, 2.05) is 0 Å². The Labute approximate surface area is 81.5 Å². The van der Waals surface area contributed by atoms with Gasteiger partial charge in [0, 0.05) is 12.0 Å². The molecule has 5 heteroatoms. The topological polar surface area (TPSA) is 32.3 Å². The molecule has 0 aromatic rings. The van der Waals surface area contributed by atoms with Gasteiger partial charge in [-0.25, -0.2) is 0 Å². The van der Waals surface area contributed by atoms with Gasteiger partial charge in [0.2, 0.25) is 0 Å². The van der Waals surface area contributed by atoms with Crippen molar-refractivity contribution >= 4 is 0 Å². The van der Waals surface area contributed by atoms with Gasteiger partial charge in [0.1, 0.15) is 0 Å². The Morgan fingerprint density at radius 1 is 1.29 bits per heavy atom. The molecule has 0 aromatic carbocycles. The first-order chi connectivity index (χ1) is 6.47. The second-order valence-corrected chi connectivity index (χ2v) is 3.94. The molecule has 0 radical (unpaired) electrons. The average Bonchev–Trinajstić information content (AvgIpc) is 2.00. The molecule has 0 atom stereocenters. The number of halogens is 3. The van der Waals surface area contributed by atoms with Crippen LogP contribution in [0.5, 0.6) is 0 Å². The largest absolute Gasteiger partial charge is 0.394 e. The van der Waals surface area contributed by atoms with Crippen LogP contribution >= 0.6 is 0 Å². The third kappa shape index (κ3) is 3.46. The molecule has 0 saturated heterocycles. The number of nitrogens with one attached hydrogen (secondary N) is 1. The van der Waals surface area contributed by atoms with E-state index in [9.17, 15) is 13.2 Å². The van der Waals surface area contributed by atoms with E-state index in [4.69, 9.17) is 5.11 Å². The molecular formula is C9H16F3NO. The molecule has 2 N–H and O–H groups in total. The van der Waals surface area contributed by atoms with Gasteiger partial charge in [-0.05, 0) is 32.2 Å². The molecule has 1 rings (SSSR count). The molecule has 0 spiro atoms. The molecule has 1 aliphatic rings. The van der Waals surface area contributed by atoms with Crippen LogP contribution in [0.3, 0.4) is 0 Å². The zero-order valence-corrected chi connectivity index (χ0v) is 8.03. The predicted octanol–water partition coefficient (Wildman–Crippen LogP) is 1.83. The monoisotopic (exact) mass is 211 g/mol. The lowest BCUT2D eigenvalue weighted by Gasteiger charge is -2.41. The fraction of sp³-hybridized carbons (Fsp3) is 1.00. The summed E-state index contributed by atoms with van der Waals surface area (Å²) in [7, 11) is 0. The predicted molar refractivity (Wildman–Crippen MR) is 47.0 cm³/mol. The van der Waals surface area contributed by atoms with Crippen molar-refractivity contribution in [3.63, 3.8) is 0 Å². The number of aliphatic hydroxyl groups excluding tert-OH is 1. The van der Waals surface area contributed by atoms with Crippen LogP contribution < -0.4 is 5.32 Å². The van der Waals surface area contributed by atoms with E-state index in [0.717, 1.165) is 19.3 Å². The van der Waals surface area contributed by atoms with Crippen molar-refractivity contribution in [2.75, 3.05) is 13.2 Å². The minimum atomic E-state index is -4.06. The highest BCUT2D eigenvalue weighted by molar-refractivity contribution is 4.95. The van der Waals surface area contributed by atoms with Crippen LogP contribution in [-0.4, -0.2) is 30.0 Å². The summed E-state index contributed by atoms with van der Waals surface area (Å²) >= 11 is 0. The zero-order chi connectivity index (χ0) is 10.7. The first kappa shape index (κ1) is 11.8. The normalized spacial score (nSPS) is 20.6. The second kappa shape index (κ2) is 4.49. The third-order valence-electron chi connectivity index (χ3n) is 2.75. The van der Waals surface area contributed by atoms with Crippen LogP contribution in [-0.2, 0) is 0 Å². The summed E-state index contributed by atoms with van der Waals surface area (Å²) in [6, 6.07) is 0. The molecule has 84 valence electrons. The van der Waals surface area contributed by atoms with Crippen molar-refractivity contribution in [1.82, 2.24) is 5.32 Å². The van der Waals surface area contributed by atoms with E-state index in [2.05, 4.69) is 5.32 Å². The smallest absolute Gasteiger partial charge is 0.389 e. The number of aliphatic hydroxyl groups is 1. The van der Waals surface area contributed by atoms with Crippen molar-refractivity contribution in [3.05, 3.63) is 0 Å². The van der Waals surface area contributed by atoms with E-state index in [-0.39, 0.29) is 18.6 Å². The maximum atomic E-state index is 11.8. The fourth-order valence-corrected chi connectivity index (χ4v) is 1.64. The van der Waals surface area contributed by atoms with Gasteiger partial charge in [-0.3, -0.25) is 0 Å². The lowest BCUT2D eigenvalue weighted by atomic mass is 9.77. The minimum absolute atomic E-state index is 0.0268. The number of hydrogen-bond donors (Lipinski definition) is 2. The maximum absolute atomic E-state index is 11.8. The van der Waals surface area contributed by atoms with E-state index in [1.165, 1.54) is 0 Å². The van der Waals surface area contributed by atoms with Gasteiger partial charge in [0.25, 0.3) is 0 Å². The fourth-order valence-electron chi connectivity index (χ4n) is 1.64. The highest BCUT2D eigenvalue weighted by Crippen LogP contribution is 2.31. The van der Waals surface area contributed by atoms with Crippen molar-refractivity contribution < 1.29 is 18.3 Å². The summed E-state index contributed by atoms with van der Waals surface area (Å²) in [5.74, 6) is 0. The van der Waals surface area contributed by atoms with Gasteiger partial charge in [0.15, 0.2) is 0 Å². The molecule has 0 heterocycles. The maximum Gasteiger partial charge on any atom is 0.389 e. The first-order valence-electron chi connectivity index (χ1n) is 4.90. The molecule has 1 aliphatic carbocycles. The van der Waals surface area contributed by atoms with Gasteiger partial charge in [-0.2, -0.15) is 13.2 Å². The van der Waals surface area contributed by atoms with E-state index >= 15 is 0 Å². The van der Waals surface area contributed by atoms with Crippen LogP contribution in [0.15, 0.2) is 0 Å². The molecule has 0 aromatic heterocycles. The van der Waals surface area contributed by atoms with Gasteiger partial charge < -0.3 is 10.4 Å². The molecule has 1 fully saturated rings. The van der Waals surface area contributed by atoms with Crippen molar-refractivity contribution in [2.45, 2.75) is 43.8 Å². The molecule has 0 unspecified atom stereocenters. The van der Waals surface area contributed by atoms with Gasteiger partial charge in [-0.15, -0.1) is 0 Å². The summed E-state index contributed by atoms with van der Waals surface area (Å²) in [4.78, 5) is 0. The SMILES string of the molecule is OCC1(NCCCC(F)(F)F)CCC1. The Morgan fingerprint density at radius 2 is 1.93 bits per heavy atom. The van der Waals surface area contributed by atoms with Crippen LogP contribution in [0, 0.1) is 0 Å². The summed E-state index contributed by atoms with van der Waals surface area (Å²) in [6.45, 7) is 0.360. The Bertz CT molecular complexity index is 172. The zero-order valence-electron chi connectivity index (χ0n) is 8.03.